The second-order valence-corrected chi connectivity index (χ2v) is 6.84. The van der Waals surface area contributed by atoms with Crippen LogP contribution in [0.25, 0.3) is 0 Å². The summed E-state index contributed by atoms with van der Waals surface area (Å²) in [5.74, 6) is -2.92. The highest BCUT2D eigenvalue weighted by molar-refractivity contribution is 7.92. The van der Waals surface area contributed by atoms with Gasteiger partial charge in [0.15, 0.2) is 0 Å². The first kappa shape index (κ1) is 16.9. The normalized spacial score (nSPS) is 11.3. The van der Waals surface area contributed by atoms with E-state index in [1.807, 2.05) is 0 Å². The van der Waals surface area contributed by atoms with Gasteiger partial charge in [0, 0.05) is 7.05 Å². The van der Waals surface area contributed by atoms with Crippen molar-refractivity contribution in [2.45, 2.75) is 11.8 Å². The molecule has 2 rings (SSSR count). The minimum absolute atomic E-state index is 0.316. The van der Waals surface area contributed by atoms with Crippen molar-refractivity contribution < 1.29 is 22.0 Å². The molecule has 0 heterocycles. The Morgan fingerprint density at radius 1 is 1.13 bits per heavy atom. The number of hydrogen-bond donors (Lipinski definition) is 1. The zero-order chi connectivity index (χ0) is 17.4. The first-order valence-electron chi connectivity index (χ1n) is 6.49. The van der Waals surface area contributed by atoms with Crippen molar-refractivity contribution >= 4 is 21.6 Å². The Bertz CT molecular complexity index is 882. The van der Waals surface area contributed by atoms with Crippen LogP contribution in [0.15, 0.2) is 41.3 Å². The van der Waals surface area contributed by atoms with Gasteiger partial charge in [-0.15, -0.1) is 0 Å². The number of primary amides is 1. The van der Waals surface area contributed by atoms with Gasteiger partial charge < -0.3 is 5.73 Å². The van der Waals surface area contributed by atoms with Crippen LogP contribution in [-0.2, 0) is 10.0 Å². The van der Waals surface area contributed by atoms with Gasteiger partial charge in [-0.05, 0) is 36.8 Å². The Labute approximate surface area is 132 Å². The van der Waals surface area contributed by atoms with Crippen molar-refractivity contribution in [1.82, 2.24) is 0 Å². The standard InChI is InChI=1S/C15H14F2N2O3S/c1-9-6-7-13(12(17)8-9)23(21,22)19(2)14-10(15(18)20)4-3-5-11(14)16/h3-8H,1-2H3,(H2,18,20). The van der Waals surface area contributed by atoms with Gasteiger partial charge in [0.2, 0.25) is 0 Å². The van der Waals surface area contributed by atoms with E-state index in [1.165, 1.54) is 18.2 Å². The minimum Gasteiger partial charge on any atom is -0.366 e. The van der Waals surface area contributed by atoms with Gasteiger partial charge in [-0.2, -0.15) is 0 Å². The fraction of sp³-hybridized carbons (Fsp3) is 0.133. The maximum atomic E-state index is 14.1. The summed E-state index contributed by atoms with van der Waals surface area (Å²) >= 11 is 0. The second-order valence-electron chi connectivity index (χ2n) is 4.91. The highest BCUT2D eigenvalue weighted by Crippen LogP contribution is 2.29. The number of aryl methyl sites for hydroxylation is 1. The van der Waals surface area contributed by atoms with Gasteiger partial charge in [-0.25, -0.2) is 17.2 Å². The molecule has 0 fully saturated rings. The van der Waals surface area contributed by atoms with Crippen LogP contribution in [0.5, 0.6) is 0 Å². The van der Waals surface area contributed by atoms with E-state index >= 15 is 0 Å². The summed E-state index contributed by atoms with van der Waals surface area (Å²) in [6, 6.07) is 6.96. The summed E-state index contributed by atoms with van der Waals surface area (Å²) in [5.41, 5.74) is 4.84. The molecule has 0 radical (unpaired) electrons. The molecule has 122 valence electrons. The monoisotopic (exact) mass is 340 g/mol. The molecule has 8 heteroatoms. The third kappa shape index (κ3) is 3.02. The number of rotatable bonds is 4. The van der Waals surface area contributed by atoms with Gasteiger partial charge >= 0.3 is 0 Å². The fourth-order valence-electron chi connectivity index (χ4n) is 2.12. The molecule has 0 aliphatic heterocycles. The van der Waals surface area contributed by atoms with E-state index in [1.54, 1.807) is 6.92 Å². The quantitative estimate of drug-likeness (QED) is 0.926. The SMILES string of the molecule is Cc1ccc(S(=O)(=O)N(C)c2c(F)cccc2C(N)=O)c(F)c1. The molecular weight excluding hydrogens is 326 g/mol. The molecular formula is C15H14F2N2O3S. The topological polar surface area (TPSA) is 80.5 Å². The van der Waals surface area contributed by atoms with Crippen LogP contribution >= 0.6 is 0 Å². The average Bonchev–Trinajstić information content (AvgIpc) is 2.45. The maximum Gasteiger partial charge on any atom is 0.267 e. The van der Waals surface area contributed by atoms with Gasteiger partial charge in [0.25, 0.3) is 15.9 Å². The number of benzene rings is 2. The highest BCUT2D eigenvalue weighted by Gasteiger charge is 2.29. The van der Waals surface area contributed by atoms with Crippen molar-refractivity contribution in [3.63, 3.8) is 0 Å². The Kier molecular flexibility index (Phi) is 4.37. The third-order valence-electron chi connectivity index (χ3n) is 3.29. The Morgan fingerprint density at radius 3 is 2.35 bits per heavy atom. The molecule has 0 atom stereocenters. The largest absolute Gasteiger partial charge is 0.366 e. The first-order valence-corrected chi connectivity index (χ1v) is 7.93. The summed E-state index contributed by atoms with van der Waals surface area (Å²) in [5, 5.41) is 0. The lowest BCUT2D eigenvalue weighted by Gasteiger charge is -2.22. The number of anilines is 1. The van der Waals surface area contributed by atoms with E-state index in [9.17, 15) is 22.0 Å². The molecule has 2 aromatic carbocycles. The number of carbonyl (C=O) groups excluding carboxylic acids is 1. The average molecular weight is 340 g/mol. The molecule has 0 saturated carbocycles. The first-order chi connectivity index (χ1) is 10.7. The van der Waals surface area contributed by atoms with E-state index in [0.717, 1.165) is 25.2 Å². The summed E-state index contributed by atoms with van der Waals surface area (Å²) in [6.07, 6.45) is 0. The predicted octanol–water partition coefficient (Wildman–Crippen LogP) is 2.20. The zero-order valence-corrected chi connectivity index (χ0v) is 13.2. The lowest BCUT2D eigenvalue weighted by Crippen LogP contribution is -2.30. The zero-order valence-electron chi connectivity index (χ0n) is 12.4. The number of halogens is 2. The molecule has 5 nitrogen and oxygen atoms in total. The minimum atomic E-state index is -4.41. The lowest BCUT2D eigenvalue weighted by atomic mass is 10.1. The molecule has 0 aromatic heterocycles. The Hall–Kier alpha value is -2.48. The highest BCUT2D eigenvalue weighted by atomic mass is 32.2. The molecule has 2 aromatic rings. The second kappa shape index (κ2) is 5.96. The summed E-state index contributed by atoms with van der Waals surface area (Å²) in [6.45, 7) is 1.60. The number of amides is 1. The van der Waals surface area contributed by atoms with Gasteiger partial charge in [0.1, 0.15) is 16.5 Å². The van der Waals surface area contributed by atoms with Crippen LogP contribution in [0, 0.1) is 18.6 Å². The number of nitrogens with two attached hydrogens (primary N) is 1. The summed E-state index contributed by atoms with van der Waals surface area (Å²) < 4.78 is 53.7. The number of nitrogens with zero attached hydrogens (tertiary/aromatic N) is 1. The van der Waals surface area contributed by atoms with E-state index < -0.39 is 38.1 Å². The van der Waals surface area contributed by atoms with E-state index in [2.05, 4.69) is 0 Å². The van der Waals surface area contributed by atoms with Crippen LogP contribution in [-0.4, -0.2) is 21.4 Å². The summed E-state index contributed by atoms with van der Waals surface area (Å²) in [7, 11) is -3.38. The smallest absolute Gasteiger partial charge is 0.267 e. The fourth-order valence-corrected chi connectivity index (χ4v) is 3.38. The number of hydrogen-bond acceptors (Lipinski definition) is 3. The lowest BCUT2D eigenvalue weighted by molar-refractivity contribution is 0.100. The third-order valence-corrected chi connectivity index (χ3v) is 5.08. The molecule has 0 saturated heterocycles. The van der Waals surface area contributed by atoms with Crippen LogP contribution in [0.4, 0.5) is 14.5 Å². The van der Waals surface area contributed by atoms with Crippen LogP contribution in [0.3, 0.4) is 0 Å². The Balaban J connectivity index is 2.64. The van der Waals surface area contributed by atoms with Gasteiger partial charge in [0.05, 0.1) is 11.3 Å². The number of sulfonamides is 1. The van der Waals surface area contributed by atoms with Gasteiger partial charge in [-0.3, -0.25) is 9.10 Å². The maximum absolute atomic E-state index is 14.1. The molecule has 0 aliphatic rings. The van der Waals surface area contributed by atoms with E-state index in [-0.39, 0.29) is 5.56 Å². The van der Waals surface area contributed by atoms with Crippen molar-refractivity contribution in [3.05, 3.63) is 59.2 Å². The molecule has 0 spiro atoms. The van der Waals surface area contributed by atoms with Crippen LogP contribution in [0.1, 0.15) is 15.9 Å². The number of para-hydroxylation sites is 1. The van der Waals surface area contributed by atoms with Crippen molar-refractivity contribution in [3.8, 4) is 0 Å². The summed E-state index contributed by atoms with van der Waals surface area (Å²) in [4.78, 5) is 10.8. The molecule has 0 bridgehead atoms. The molecule has 0 unspecified atom stereocenters. The molecule has 23 heavy (non-hydrogen) atoms. The van der Waals surface area contributed by atoms with Crippen LogP contribution < -0.4 is 10.0 Å². The predicted molar refractivity (Wildman–Crippen MR) is 81.6 cm³/mol. The molecule has 1 amide bonds. The number of carbonyl (C=O) groups is 1. The Morgan fingerprint density at radius 2 is 1.78 bits per heavy atom. The van der Waals surface area contributed by atoms with E-state index in [0.29, 0.717) is 9.87 Å². The van der Waals surface area contributed by atoms with E-state index in [4.69, 9.17) is 5.73 Å². The van der Waals surface area contributed by atoms with Crippen molar-refractivity contribution in [2.24, 2.45) is 5.73 Å². The molecule has 2 N–H and O–H groups in total. The van der Waals surface area contributed by atoms with Crippen molar-refractivity contribution in [1.29, 1.82) is 0 Å². The van der Waals surface area contributed by atoms with Gasteiger partial charge in [-0.1, -0.05) is 12.1 Å². The van der Waals surface area contributed by atoms with Crippen molar-refractivity contribution in [2.75, 3.05) is 11.4 Å². The van der Waals surface area contributed by atoms with Crippen LogP contribution in [0.2, 0.25) is 0 Å². The molecule has 0 aliphatic carbocycles.